The van der Waals surface area contributed by atoms with Crippen LogP contribution in [0.5, 0.6) is 0 Å². The molecule has 1 aromatic carbocycles. The number of rotatable bonds is 4. The average Bonchev–Trinajstić information content (AvgIpc) is 2.77. The normalized spacial score (nSPS) is 16.9. The maximum absolute atomic E-state index is 12.9. The monoisotopic (exact) mass is 411 g/mol. The molecule has 154 valence electrons. The number of para-hydroxylation sites is 1. The van der Waals surface area contributed by atoms with Gasteiger partial charge in [-0.05, 0) is 43.0 Å². The molecule has 0 saturated carbocycles. The topological polar surface area (TPSA) is 54.9 Å². The molecule has 1 aliphatic carbocycles. The molecule has 0 bridgehead atoms. The predicted molar refractivity (Wildman–Crippen MR) is 109 cm³/mol. The Labute approximate surface area is 171 Å². The molecule has 3 aromatic rings. The fourth-order valence-electron chi connectivity index (χ4n) is 3.70. The van der Waals surface area contributed by atoms with E-state index in [1.165, 1.54) is 6.20 Å². The van der Waals surface area contributed by atoms with Crippen LogP contribution in [0, 0.1) is 5.92 Å². The number of halogens is 3. The number of hydrogen-bond acceptors (Lipinski definition) is 3. The molecule has 2 aromatic heterocycles. The Morgan fingerprint density at radius 3 is 2.70 bits per heavy atom. The molecule has 1 amide bonds. The maximum Gasteiger partial charge on any atom is 0.392 e. The van der Waals surface area contributed by atoms with Gasteiger partial charge >= 0.3 is 6.18 Å². The van der Waals surface area contributed by atoms with Crippen molar-refractivity contribution in [3.05, 3.63) is 77.8 Å². The molecule has 0 aliphatic heterocycles. The summed E-state index contributed by atoms with van der Waals surface area (Å²) < 4.78 is 38.8. The number of carbonyl (C=O) groups excluding carboxylic acids is 1. The van der Waals surface area contributed by atoms with Crippen LogP contribution in [0.25, 0.3) is 16.5 Å². The largest absolute Gasteiger partial charge is 0.392 e. The quantitative estimate of drug-likeness (QED) is 0.633. The first-order chi connectivity index (χ1) is 14.4. The van der Waals surface area contributed by atoms with Crippen LogP contribution < -0.4 is 5.32 Å². The number of nitrogens with one attached hydrogen (secondary N) is 1. The highest BCUT2D eigenvalue weighted by atomic mass is 19.4. The Hall–Kier alpha value is -3.22. The van der Waals surface area contributed by atoms with Crippen molar-refractivity contribution in [3.63, 3.8) is 0 Å². The van der Waals surface area contributed by atoms with E-state index in [1.54, 1.807) is 24.4 Å². The van der Waals surface area contributed by atoms with Crippen molar-refractivity contribution in [2.45, 2.75) is 32.0 Å². The number of allylic oxidation sites excluding steroid dienone is 2. The summed E-state index contributed by atoms with van der Waals surface area (Å²) in [5, 5.41) is 3.59. The van der Waals surface area contributed by atoms with Crippen LogP contribution in [-0.4, -0.2) is 22.1 Å². The van der Waals surface area contributed by atoms with Crippen LogP contribution in [0.3, 0.4) is 0 Å². The molecule has 1 unspecified atom stereocenters. The lowest BCUT2D eigenvalue weighted by Crippen LogP contribution is -2.24. The van der Waals surface area contributed by atoms with Crippen LogP contribution >= 0.6 is 0 Å². The summed E-state index contributed by atoms with van der Waals surface area (Å²) in [4.78, 5) is 21.1. The van der Waals surface area contributed by atoms with Gasteiger partial charge in [0.2, 0.25) is 0 Å². The third-order valence-electron chi connectivity index (χ3n) is 5.35. The van der Waals surface area contributed by atoms with Crippen molar-refractivity contribution in [3.8, 4) is 0 Å². The van der Waals surface area contributed by atoms with E-state index in [4.69, 9.17) is 0 Å². The molecule has 0 fully saturated rings. The summed E-state index contributed by atoms with van der Waals surface area (Å²) in [5.41, 5.74) is 3.57. The number of fused-ring (bicyclic) bond motifs is 1. The molecule has 1 aliphatic rings. The van der Waals surface area contributed by atoms with Gasteiger partial charge in [-0.3, -0.25) is 14.8 Å². The number of aromatic nitrogens is 2. The van der Waals surface area contributed by atoms with Gasteiger partial charge in [0, 0.05) is 23.3 Å². The van der Waals surface area contributed by atoms with Crippen molar-refractivity contribution in [1.29, 1.82) is 0 Å². The van der Waals surface area contributed by atoms with Crippen molar-refractivity contribution in [1.82, 2.24) is 15.3 Å². The van der Waals surface area contributed by atoms with Gasteiger partial charge < -0.3 is 5.32 Å². The van der Waals surface area contributed by atoms with Crippen LogP contribution in [-0.2, 0) is 6.54 Å². The summed E-state index contributed by atoms with van der Waals surface area (Å²) in [6.45, 7) is 0.311. The van der Waals surface area contributed by atoms with Gasteiger partial charge in [-0.15, -0.1) is 0 Å². The first-order valence-electron chi connectivity index (χ1n) is 9.75. The summed E-state index contributed by atoms with van der Waals surface area (Å²) in [6, 6.07) is 12.8. The first-order valence-corrected chi connectivity index (χ1v) is 9.75. The van der Waals surface area contributed by atoms with E-state index >= 15 is 0 Å². The van der Waals surface area contributed by atoms with Gasteiger partial charge in [0.1, 0.15) is 0 Å². The maximum atomic E-state index is 12.9. The highest BCUT2D eigenvalue weighted by Crippen LogP contribution is 2.40. The van der Waals surface area contributed by atoms with Crippen molar-refractivity contribution < 1.29 is 18.0 Å². The number of benzene rings is 1. The molecule has 1 N–H and O–H groups in total. The van der Waals surface area contributed by atoms with Crippen LogP contribution in [0.4, 0.5) is 13.2 Å². The van der Waals surface area contributed by atoms with Gasteiger partial charge in [0.15, 0.2) is 0 Å². The van der Waals surface area contributed by atoms with Crippen molar-refractivity contribution in [2.75, 3.05) is 0 Å². The second-order valence-electron chi connectivity index (χ2n) is 7.35. The standard InChI is InChI=1S/C23H20F3N3O/c24-23(25,26)18-9-7-15(8-10-18)20-6-3-4-16-12-17(13-28-21(16)20)22(30)29-14-19-5-1-2-11-27-19/h1-7,11-13,18H,8-10,14H2,(H,29,30). The number of pyridine rings is 2. The van der Waals surface area contributed by atoms with E-state index in [0.717, 1.165) is 22.2 Å². The lowest BCUT2D eigenvalue weighted by Gasteiger charge is -2.24. The van der Waals surface area contributed by atoms with E-state index in [0.29, 0.717) is 24.0 Å². The summed E-state index contributed by atoms with van der Waals surface area (Å²) in [5.74, 6) is -1.54. The van der Waals surface area contributed by atoms with Crippen molar-refractivity contribution in [2.24, 2.45) is 5.92 Å². The van der Waals surface area contributed by atoms with Gasteiger partial charge in [0.25, 0.3) is 5.91 Å². The summed E-state index contributed by atoms with van der Waals surface area (Å²) in [6.07, 6.45) is 1.11. The molecular weight excluding hydrogens is 391 g/mol. The highest BCUT2D eigenvalue weighted by molar-refractivity contribution is 5.99. The number of hydrogen-bond donors (Lipinski definition) is 1. The lowest BCUT2D eigenvalue weighted by molar-refractivity contribution is -0.175. The van der Waals surface area contributed by atoms with E-state index in [9.17, 15) is 18.0 Å². The molecule has 0 spiro atoms. The van der Waals surface area contributed by atoms with Gasteiger partial charge in [-0.1, -0.05) is 30.3 Å². The Kier molecular flexibility index (Phi) is 5.53. The van der Waals surface area contributed by atoms with Crippen molar-refractivity contribution >= 4 is 22.4 Å². The van der Waals surface area contributed by atoms with Crippen LogP contribution in [0.1, 0.15) is 40.9 Å². The SMILES string of the molecule is O=C(NCc1ccccn1)c1cnc2c(C3=CCC(C(F)(F)F)CC3)cccc2c1. The molecule has 1 atom stereocenters. The number of alkyl halides is 3. The molecule has 4 rings (SSSR count). The minimum atomic E-state index is -4.16. The third kappa shape index (κ3) is 4.35. The molecule has 7 heteroatoms. The fraction of sp³-hybridized carbons (Fsp3) is 0.261. The second kappa shape index (κ2) is 8.26. The molecule has 4 nitrogen and oxygen atoms in total. The molecular formula is C23H20F3N3O. The third-order valence-corrected chi connectivity index (χ3v) is 5.35. The lowest BCUT2D eigenvalue weighted by atomic mass is 9.85. The van der Waals surface area contributed by atoms with Gasteiger partial charge in [-0.2, -0.15) is 13.2 Å². The summed E-state index contributed by atoms with van der Waals surface area (Å²) in [7, 11) is 0. The van der Waals surface area contributed by atoms with Crippen LogP contribution in [0.15, 0.2) is 60.9 Å². The van der Waals surface area contributed by atoms with Gasteiger partial charge in [-0.25, -0.2) is 0 Å². The first kappa shape index (κ1) is 20.1. The molecule has 30 heavy (non-hydrogen) atoms. The Morgan fingerprint density at radius 2 is 2.00 bits per heavy atom. The minimum Gasteiger partial charge on any atom is -0.346 e. The Balaban J connectivity index is 1.54. The minimum absolute atomic E-state index is 0.0107. The second-order valence-corrected chi connectivity index (χ2v) is 7.35. The highest BCUT2D eigenvalue weighted by Gasteiger charge is 2.39. The Bertz CT molecular complexity index is 1090. The van der Waals surface area contributed by atoms with E-state index in [2.05, 4.69) is 15.3 Å². The molecule has 2 heterocycles. The van der Waals surface area contributed by atoms with E-state index in [1.807, 2.05) is 30.3 Å². The number of nitrogens with zero attached hydrogens (tertiary/aromatic N) is 2. The Morgan fingerprint density at radius 1 is 1.13 bits per heavy atom. The molecule has 0 saturated heterocycles. The predicted octanol–water partition coefficient (Wildman–Crippen LogP) is 5.31. The zero-order valence-corrected chi connectivity index (χ0v) is 16.1. The number of amides is 1. The zero-order chi connectivity index (χ0) is 21.1. The summed E-state index contributed by atoms with van der Waals surface area (Å²) >= 11 is 0. The van der Waals surface area contributed by atoms with Crippen LogP contribution in [0.2, 0.25) is 0 Å². The fourth-order valence-corrected chi connectivity index (χ4v) is 3.70. The number of carbonyl (C=O) groups is 1. The molecule has 0 radical (unpaired) electrons. The van der Waals surface area contributed by atoms with Gasteiger partial charge in [0.05, 0.1) is 29.2 Å². The zero-order valence-electron chi connectivity index (χ0n) is 16.1. The van der Waals surface area contributed by atoms with E-state index in [-0.39, 0.29) is 18.7 Å². The average molecular weight is 411 g/mol. The van der Waals surface area contributed by atoms with E-state index < -0.39 is 12.1 Å². The smallest absolute Gasteiger partial charge is 0.346 e.